The Hall–Kier alpha value is -3.13. The number of carboxylic acid groups (broad SMARTS) is 1. The number of benzene rings is 2. The van der Waals surface area contributed by atoms with Crippen molar-refractivity contribution in [2.45, 2.75) is 0 Å². The van der Waals surface area contributed by atoms with E-state index >= 15 is 0 Å². The SMILES string of the molecule is O=C(CS/C(=C/c1ccccc1)C(=O)O)Nc1ccc([N+](=O)[O-])cc1. The van der Waals surface area contributed by atoms with Gasteiger partial charge < -0.3 is 10.4 Å². The van der Waals surface area contributed by atoms with E-state index in [9.17, 15) is 24.8 Å². The summed E-state index contributed by atoms with van der Waals surface area (Å²) in [4.78, 5) is 33.3. The van der Waals surface area contributed by atoms with Gasteiger partial charge in [0, 0.05) is 17.8 Å². The van der Waals surface area contributed by atoms with Crippen LogP contribution >= 0.6 is 11.8 Å². The van der Waals surface area contributed by atoms with Gasteiger partial charge in [-0.15, -0.1) is 11.8 Å². The van der Waals surface area contributed by atoms with Crippen LogP contribution in [0.3, 0.4) is 0 Å². The summed E-state index contributed by atoms with van der Waals surface area (Å²) in [5.74, 6) is -1.61. The van der Waals surface area contributed by atoms with Crippen molar-refractivity contribution in [3.63, 3.8) is 0 Å². The predicted molar refractivity (Wildman–Crippen MR) is 96.2 cm³/mol. The van der Waals surface area contributed by atoms with E-state index in [0.29, 0.717) is 5.69 Å². The Morgan fingerprint density at radius 2 is 1.76 bits per heavy atom. The molecule has 128 valence electrons. The van der Waals surface area contributed by atoms with Crippen molar-refractivity contribution in [2.75, 3.05) is 11.1 Å². The van der Waals surface area contributed by atoms with Crippen LogP contribution in [0, 0.1) is 10.1 Å². The second-order valence-corrected chi connectivity index (χ2v) is 5.88. The third-order valence-corrected chi connectivity index (χ3v) is 4.04. The Kier molecular flexibility index (Phi) is 6.30. The molecule has 0 saturated carbocycles. The van der Waals surface area contributed by atoms with E-state index in [1.165, 1.54) is 30.3 Å². The fraction of sp³-hybridized carbons (Fsp3) is 0.0588. The largest absolute Gasteiger partial charge is 0.477 e. The van der Waals surface area contributed by atoms with E-state index in [0.717, 1.165) is 17.3 Å². The minimum Gasteiger partial charge on any atom is -0.477 e. The number of nitrogens with zero attached hydrogens (tertiary/aromatic N) is 1. The molecule has 25 heavy (non-hydrogen) atoms. The van der Waals surface area contributed by atoms with Crippen LogP contribution in [0.15, 0.2) is 59.5 Å². The van der Waals surface area contributed by atoms with E-state index < -0.39 is 16.8 Å². The lowest BCUT2D eigenvalue weighted by atomic mass is 10.2. The van der Waals surface area contributed by atoms with Crippen molar-refractivity contribution in [2.24, 2.45) is 0 Å². The van der Waals surface area contributed by atoms with Crippen LogP contribution in [0.5, 0.6) is 0 Å². The Morgan fingerprint density at radius 1 is 1.12 bits per heavy atom. The fourth-order valence-electron chi connectivity index (χ4n) is 1.87. The maximum absolute atomic E-state index is 11.9. The van der Waals surface area contributed by atoms with Gasteiger partial charge in [-0.2, -0.15) is 0 Å². The average Bonchev–Trinajstić information content (AvgIpc) is 2.59. The fourth-order valence-corrected chi connectivity index (χ4v) is 2.57. The number of carbonyl (C=O) groups excluding carboxylic acids is 1. The minimum atomic E-state index is -1.11. The number of rotatable bonds is 7. The van der Waals surface area contributed by atoms with Gasteiger partial charge in [0.15, 0.2) is 0 Å². The Labute approximate surface area is 147 Å². The predicted octanol–water partition coefficient (Wildman–Crippen LogP) is 3.39. The number of anilines is 1. The lowest BCUT2D eigenvalue weighted by Crippen LogP contribution is -2.15. The molecule has 0 spiro atoms. The summed E-state index contributed by atoms with van der Waals surface area (Å²) < 4.78 is 0. The highest BCUT2D eigenvalue weighted by Crippen LogP contribution is 2.21. The number of hydrogen-bond acceptors (Lipinski definition) is 5. The number of hydrogen-bond donors (Lipinski definition) is 2. The maximum Gasteiger partial charge on any atom is 0.342 e. The molecule has 0 fully saturated rings. The summed E-state index contributed by atoms with van der Waals surface area (Å²) in [6.45, 7) is 0. The number of nitro groups is 1. The minimum absolute atomic E-state index is 0.0463. The highest BCUT2D eigenvalue weighted by Gasteiger charge is 2.12. The standard InChI is InChI=1S/C17H14N2O5S/c20-16(18-13-6-8-14(9-7-13)19(23)24)11-25-15(17(21)22)10-12-4-2-1-3-5-12/h1-10H,11H2,(H,18,20)(H,21,22)/b15-10+. The van der Waals surface area contributed by atoms with E-state index in [4.69, 9.17) is 0 Å². The van der Waals surface area contributed by atoms with Crippen molar-refractivity contribution >= 4 is 41.1 Å². The molecule has 0 bridgehead atoms. The van der Waals surface area contributed by atoms with Crippen LogP contribution in [0.4, 0.5) is 11.4 Å². The summed E-state index contributed by atoms with van der Waals surface area (Å²) in [5.41, 5.74) is 1.05. The molecule has 0 atom stereocenters. The molecular formula is C17H14N2O5S. The van der Waals surface area contributed by atoms with Crippen LogP contribution in [-0.4, -0.2) is 27.7 Å². The van der Waals surface area contributed by atoms with E-state index in [2.05, 4.69) is 5.32 Å². The second-order valence-electron chi connectivity index (χ2n) is 4.87. The number of carboxylic acids is 1. The quantitative estimate of drug-likeness (QED) is 0.446. The number of non-ortho nitro benzene ring substituents is 1. The molecule has 0 aliphatic rings. The molecule has 7 nitrogen and oxygen atoms in total. The lowest BCUT2D eigenvalue weighted by Gasteiger charge is -2.06. The van der Waals surface area contributed by atoms with Crippen LogP contribution in [-0.2, 0) is 9.59 Å². The Bertz CT molecular complexity index is 804. The number of nitrogens with one attached hydrogen (secondary N) is 1. The molecule has 2 N–H and O–H groups in total. The molecular weight excluding hydrogens is 344 g/mol. The summed E-state index contributed by atoms with van der Waals surface area (Å²) in [5, 5.41) is 22.4. The van der Waals surface area contributed by atoms with Gasteiger partial charge in [-0.3, -0.25) is 14.9 Å². The van der Waals surface area contributed by atoms with E-state index in [1.807, 2.05) is 6.07 Å². The molecule has 2 aromatic rings. The van der Waals surface area contributed by atoms with Crippen LogP contribution < -0.4 is 5.32 Å². The number of carbonyl (C=O) groups is 2. The van der Waals surface area contributed by atoms with Gasteiger partial charge in [-0.25, -0.2) is 4.79 Å². The van der Waals surface area contributed by atoms with E-state index in [-0.39, 0.29) is 16.3 Å². The first-order valence-corrected chi connectivity index (χ1v) is 8.11. The zero-order valence-electron chi connectivity index (χ0n) is 12.9. The van der Waals surface area contributed by atoms with Crippen molar-refractivity contribution in [1.29, 1.82) is 0 Å². The summed E-state index contributed by atoms with van der Waals surface area (Å²) in [7, 11) is 0. The highest BCUT2D eigenvalue weighted by atomic mass is 32.2. The first kappa shape index (κ1) is 18.2. The van der Waals surface area contributed by atoms with Crippen molar-refractivity contribution < 1.29 is 19.6 Å². The maximum atomic E-state index is 11.9. The molecule has 0 aromatic heterocycles. The molecule has 0 saturated heterocycles. The monoisotopic (exact) mass is 358 g/mol. The summed E-state index contributed by atoms with van der Waals surface area (Å²) in [6, 6.07) is 14.3. The van der Waals surface area contributed by atoms with E-state index in [1.54, 1.807) is 24.3 Å². The molecule has 0 aliphatic heterocycles. The Morgan fingerprint density at radius 3 is 2.32 bits per heavy atom. The zero-order chi connectivity index (χ0) is 18.2. The Balaban J connectivity index is 1.96. The molecule has 2 aromatic carbocycles. The van der Waals surface area contributed by atoms with Crippen molar-refractivity contribution in [3.8, 4) is 0 Å². The van der Waals surface area contributed by atoms with Gasteiger partial charge in [0.2, 0.25) is 5.91 Å². The number of amides is 1. The summed E-state index contributed by atoms with van der Waals surface area (Å²) in [6.07, 6.45) is 1.49. The van der Waals surface area contributed by atoms with Gasteiger partial charge in [0.1, 0.15) is 0 Å². The van der Waals surface area contributed by atoms with Gasteiger partial charge >= 0.3 is 5.97 Å². The average molecular weight is 358 g/mol. The van der Waals surface area contributed by atoms with Gasteiger partial charge in [0.25, 0.3) is 5.69 Å². The summed E-state index contributed by atoms with van der Waals surface area (Å²) >= 11 is 0.901. The first-order chi connectivity index (χ1) is 12.0. The highest BCUT2D eigenvalue weighted by molar-refractivity contribution is 8.04. The van der Waals surface area contributed by atoms with Gasteiger partial charge in [-0.1, -0.05) is 30.3 Å². The molecule has 0 radical (unpaired) electrons. The molecule has 0 aliphatic carbocycles. The normalized spacial score (nSPS) is 11.0. The van der Waals surface area contributed by atoms with Crippen LogP contribution in [0.1, 0.15) is 5.56 Å². The molecule has 8 heteroatoms. The third-order valence-electron chi connectivity index (χ3n) is 3.03. The number of thioether (sulfide) groups is 1. The third kappa shape index (κ3) is 5.78. The first-order valence-electron chi connectivity index (χ1n) is 7.13. The number of aliphatic carboxylic acids is 1. The van der Waals surface area contributed by atoms with Gasteiger partial charge in [0.05, 0.1) is 15.6 Å². The smallest absolute Gasteiger partial charge is 0.342 e. The lowest BCUT2D eigenvalue weighted by molar-refractivity contribution is -0.384. The van der Waals surface area contributed by atoms with Gasteiger partial charge in [-0.05, 0) is 23.8 Å². The van der Waals surface area contributed by atoms with Crippen LogP contribution in [0.2, 0.25) is 0 Å². The van der Waals surface area contributed by atoms with Crippen LogP contribution in [0.25, 0.3) is 6.08 Å². The molecule has 0 heterocycles. The topological polar surface area (TPSA) is 110 Å². The van der Waals surface area contributed by atoms with Crippen molar-refractivity contribution in [3.05, 3.63) is 75.2 Å². The second kappa shape index (κ2) is 8.65. The van der Waals surface area contributed by atoms with Crippen molar-refractivity contribution in [1.82, 2.24) is 0 Å². The molecule has 1 amide bonds. The molecule has 2 rings (SSSR count). The molecule has 0 unspecified atom stereocenters. The zero-order valence-corrected chi connectivity index (χ0v) is 13.7. The number of nitro benzene ring substituents is 1.